The monoisotopic (exact) mass is 448 g/mol. The second-order valence-corrected chi connectivity index (χ2v) is 8.08. The van der Waals surface area contributed by atoms with Gasteiger partial charge in [-0.3, -0.25) is 14.6 Å². The molecule has 1 unspecified atom stereocenters. The van der Waals surface area contributed by atoms with Crippen LogP contribution >= 0.6 is 0 Å². The number of nitriles is 1. The van der Waals surface area contributed by atoms with Crippen LogP contribution in [0.4, 0.5) is 0 Å². The number of rotatable bonds is 6. The lowest BCUT2D eigenvalue weighted by molar-refractivity contribution is -0.129. The Hall–Kier alpha value is -4.70. The van der Waals surface area contributed by atoms with Gasteiger partial charge in [0.1, 0.15) is 0 Å². The van der Waals surface area contributed by atoms with E-state index in [9.17, 15) is 14.7 Å². The molecule has 2 N–H and O–H groups in total. The summed E-state index contributed by atoms with van der Waals surface area (Å²) in [5, 5.41) is 21.0. The van der Waals surface area contributed by atoms with Crippen LogP contribution in [0.25, 0.3) is 10.9 Å². The zero-order valence-electron chi connectivity index (χ0n) is 18.1. The Balaban J connectivity index is 1.52. The Labute approximate surface area is 195 Å². The zero-order chi connectivity index (χ0) is 23.7. The van der Waals surface area contributed by atoms with Crippen molar-refractivity contribution in [2.45, 2.75) is 12.5 Å². The van der Waals surface area contributed by atoms with Gasteiger partial charge in [-0.15, -0.1) is 0 Å². The first-order valence-corrected chi connectivity index (χ1v) is 10.8. The fraction of sp³-hybridized carbons (Fsp3) is 0.111. The fourth-order valence-electron chi connectivity index (χ4n) is 4.43. The maximum atomic E-state index is 13.4. The summed E-state index contributed by atoms with van der Waals surface area (Å²) in [6.07, 6.45) is 5.41. The number of fused-ring (bicyclic) bond motifs is 1. The molecule has 34 heavy (non-hydrogen) atoms. The van der Waals surface area contributed by atoms with Gasteiger partial charge >= 0.3 is 0 Å². The molecule has 0 aliphatic carbocycles. The highest BCUT2D eigenvalue weighted by molar-refractivity contribution is 6.16. The van der Waals surface area contributed by atoms with E-state index in [1.165, 1.54) is 11.1 Å². The summed E-state index contributed by atoms with van der Waals surface area (Å²) in [5.41, 5.74) is 3.45. The van der Waals surface area contributed by atoms with E-state index in [-0.39, 0.29) is 11.1 Å². The number of nitrogens with one attached hydrogen (secondary N) is 1. The molecule has 5 rings (SSSR count). The van der Waals surface area contributed by atoms with E-state index >= 15 is 0 Å². The third-order valence-electron chi connectivity index (χ3n) is 6.12. The van der Waals surface area contributed by atoms with Crippen LogP contribution in [0, 0.1) is 11.3 Å². The number of hydrogen-bond donors (Lipinski definition) is 2. The molecule has 2 aromatic heterocycles. The molecule has 1 amide bonds. The summed E-state index contributed by atoms with van der Waals surface area (Å²) >= 11 is 0. The number of carbonyl (C=O) groups excluding carboxylic acids is 2. The van der Waals surface area contributed by atoms with Crippen LogP contribution < -0.4 is 0 Å². The molecule has 0 saturated carbocycles. The summed E-state index contributed by atoms with van der Waals surface area (Å²) in [6.45, 7) is 0.291. The lowest BCUT2D eigenvalue weighted by Gasteiger charge is -2.27. The molecule has 2 aromatic carbocycles. The number of carbonyl (C=O) groups is 2. The molecule has 3 heterocycles. The van der Waals surface area contributed by atoms with Gasteiger partial charge in [0.05, 0.1) is 23.2 Å². The first-order valence-electron chi connectivity index (χ1n) is 10.8. The van der Waals surface area contributed by atoms with Crippen molar-refractivity contribution in [3.63, 3.8) is 0 Å². The number of amides is 1. The molecular formula is C27H20N4O3. The van der Waals surface area contributed by atoms with E-state index in [0.717, 1.165) is 16.5 Å². The van der Waals surface area contributed by atoms with Gasteiger partial charge in [0.2, 0.25) is 0 Å². The smallest absolute Gasteiger partial charge is 0.290 e. The Kier molecular flexibility index (Phi) is 5.40. The number of para-hydroxylation sites is 1. The van der Waals surface area contributed by atoms with Crippen molar-refractivity contribution >= 4 is 22.6 Å². The van der Waals surface area contributed by atoms with Gasteiger partial charge in [-0.25, -0.2) is 0 Å². The summed E-state index contributed by atoms with van der Waals surface area (Å²) in [6, 6.07) is 19.1. The largest absolute Gasteiger partial charge is 0.503 e. The quantitative estimate of drug-likeness (QED) is 0.429. The number of hydrogen-bond acceptors (Lipinski definition) is 5. The third-order valence-corrected chi connectivity index (χ3v) is 6.12. The Morgan fingerprint density at radius 2 is 1.91 bits per heavy atom. The number of ketones is 1. The van der Waals surface area contributed by atoms with Crippen LogP contribution in [0.1, 0.15) is 33.1 Å². The summed E-state index contributed by atoms with van der Waals surface area (Å²) in [4.78, 5) is 35.3. The number of aromatic nitrogens is 2. The van der Waals surface area contributed by atoms with Crippen LogP contribution in [-0.2, 0) is 11.2 Å². The lowest BCUT2D eigenvalue weighted by atomic mass is 9.92. The molecule has 1 aliphatic heterocycles. The standard InChI is InChI=1S/C27H20N4O3/c28-14-17-7-9-18(10-8-17)24-23(25(32)20-4-3-12-29-15-20)26(33)27(34)31(24)13-11-19-16-30-22-6-2-1-5-21(19)22/h1-10,12,15-16,24,30,33H,11,13H2. The van der Waals surface area contributed by atoms with Crippen molar-refractivity contribution in [2.75, 3.05) is 6.54 Å². The van der Waals surface area contributed by atoms with E-state index in [1.807, 2.05) is 30.5 Å². The molecule has 0 bridgehead atoms. The first-order chi connectivity index (χ1) is 16.6. The molecule has 7 nitrogen and oxygen atoms in total. The van der Waals surface area contributed by atoms with Crippen LogP contribution in [0.5, 0.6) is 0 Å². The molecule has 7 heteroatoms. The van der Waals surface area contributed by atoms with Crippen LogP contribution in [0.2, 0.25) is 0 Å². The van der Waals surface area contributed by atoms with Crippen molar-refractivity contribution in [1.82, 2.24) is 14.9 Å². The van der Waals surface area contributed by atoms with Crippen molar-refractivity contribution in [1.29, 1.82) is 5.26 Å². The minimum absolute atomic E-state index is 0.0154. The highest BCUT2D eigenvalue weighted by Gasteiger charge is 2.43. The van der Waals surface area contributed by atoms with Crippen LogP contribution in [0.3, 0.4) is 0 Å². The number of pyridine rings is 1. The summed E-state index contributed by atoms with van der Waals surface area (Å²) in [5.74, 6) is -1.61. The second-order valence-electron chi connectivity index (χ2n) is 8.08. The number of aromatic amines is 1. The lowest BCUT2D eigenvalue weighted by Crippen LogP contribution is -2.33. The number of aliphatic hydroxyl groups excluding tert-OH is 1. The maximum Gasteiger partial charge on any atom is 0.290 e. The zero-order valence-corrected chi connectivity index (χ0v) is 18.1. The number of Topliss-reactive ketones (excluding diaryl/α,β-unsaturated/α-hetero) is 1. The van der Waals surface area contributed by atoms with E-state index < -0.39 is 23.5 Å². The molecule has 4 aromatic rings. The van der Waals surface area contributed by atoms with Gasteiger partial charge in [-0.1, -0.05) is 30.3 Å². The number of aliphatic hydroxyl groups is 1. The summed E-state index contributed by atoms with van der Waals surface area (Å²) < 4.78 is 0. The predicted octanol–water partition coefficient (Wildman–Crippen LogP) is 4.26. The van der Waals surface area contributed by atoms with Gasteiger partial charge in [0.15, 0.2) is 11.5 Å². The molecule has 0 spiro atoms. The topological polar surface area (TPSA) is 110 Å². The molecule has 1 aliphatic rings. The molecular weight excluding hydrogens is 428 g/mol. The number of H-pyrrole nitrogens is 1. The minimum Gasteiger partial charge on any atom is -0.503 e. The van der Waals surface area contributed by atoms with Gasteiger partial charge in [0.25, 0.3) is 5.91 Å². The predicted molar refractivity (Wildman–Crippen MR) is 126 cm³/mol. The number of benzene rings is 2. The van der Waals surface area contributed by atoms with Crippen molar-refractivity contribution in [3.8, 4) is 6.07 Å². The number of nitrogens with zero attached hydrogens (tertiary/aromatic N) is 3. The molecule has 0 saturated heterocycles. The maximum absolute atomic E-state index is 13.4. The van der Waals surface area contributed by atoms with E-state index in [1.54, 1.807) is 42.6 Å². The van der Waals surface area contributed by atoms with Crippen LogP contribution in [-0.4, -0.2) is 38.2 Å². The second kappa shape index (κ2) is 8.68. The Morgan fingerprint density at radius 3 is 2.65 bits per heavy atom. The Bertz CT molecular complexity index is 1460. The molecule has 1 atom stereocenters. The van der Waals surface area contributed by atoms with Gasteiger partial charge in [0, 0.05) is 41.6 Å². The van der Waals surface area contributed by atoms with Crippen molar-refractivity contribution in [3.05, 3.63) is 113 Å². The highest BCUT2D eigenvalue weighted by atomic mass is 16.3. The Morgan fingerprint density at radius 1 is 1.12 bits per heavy atom. The molecule has 166 valence electrons. The highest BCUT2D eigenvalue weighted by Crippen LogP contribution is 2.39. The van der Waals surface area contributed by atoms with Crippen LogP contribution in [0.15, 0.2) is 90.6 Å². The van der Waals surface area contributed by atoms with E-state index in [2.05, 4.69) is 16.0 Å². The average Bonchev–Trinajstić information content (AvgIpc) is 3.41. The first kappa shape index (κ1) is 21.2. The van der Waals surface area contributed by atoms with Crippen molar-refractivity contribution in [2.24, 2.45) is 0 Å². The van der Waals surface area contributed by atoms with E-state index in [4.69, 9.17) is 5.26 Å². The van der Waals surface area contributed by atoms with Crippen molar-refractivity contribution < 1.29 is 14.7 Å². The van der Waals surface area contributed by atoms with Gasteiger partial charge in [-0.05, 0) is 47.9 Å². The normalized spacial score (nSPS) is 15.7. The third kappa shape index (κ3) is 3.61. The van der Waals surface area contributed by atoms with E-state index in [0.29, 0.717) is 24.1 Å². The van der Waals surface area contributed by atoms with Gasteiger partial charge in [-0.2, -0.15) is 5.26 Å². The molecule has 0 radical (unpaired) electrons. The molecule has 0 fully saturated rings. The summed E-state index contributed by atoms with van der Waals surface area (Å²) in [7, 11) is 0. The average molecular weight is 448 g/mol. The SMILES string of the molecule is N#Cc1ccc(C2C(C(=O)c3cccnc3)=C(O)C(=O)N2CCc2c[nH]c3ccccc23)cc1. The minimum atomic E-state index is -0.779. The van der Waals surface area contributed by atoms with Gasteiger partial charge < -0.3 is 15.0 Å². The fourth-order valence-corrected chi connectivity index (χ4v) is 4.43.